The Hall–Kier alpha value is -1.11. The summed E-state index contributed by atoms with van der Waals surface area (Å²) in [4.78, 5) is 0. The van der Waals surface area contributed by atoms with Crippen molar-refractivity contribution in [3.05, 3.63) is 34.4 Å². The van der Waals surface area contributed by atoms with Crippen molar-refractivity contribution >= 4 is 5.71 Å². The van der Waals surface area contributed by atoms with Crippen LogP contribution in [0.5, 0.6) is 0 Å². The SMILES string of the molecule is CC(=N)c1ccc(C)c(C)c1C. The van der Waals surface area contributed by atoms with E-state index in [1.54, 1.807) is 0 Å². The van der Waals surface area contributed by atoms with Crippen LogP contribution in [-0.2, 0) is 0 Å². The Morgan fingerprint density at radius 1 is 1.08 bits per heavy atom. The molecule has 1 aromatic rings. The molecule has 0 bridgehead atoms. The normalized spacial score (nSPS) is 10.0. The lowest BCUT2D eigenvalue weighted by Crippen LogP contribution is -1.99. The van der Waals surface area contributed by atoms with Crippen molar-refractivity contribution in [3.63, 3.8) is 0 Å². The fourth-order valence-electron chi connectivity index (χ4n) is 1.36. The van der Waals surface area contributed by atoms with E-state index in [0.717, 1.165) is 5.56 Å². The highest BCUT2D eigenvalue weighted by atomic mass is 14.4. The maximum absolute atomic E-state index is 7.54. The van der Waals surface area contributed by atoms with E-state index in [1.165, 1.54) is 16.7 Å². The molecular weight excluding hydrogens is 146 g/mol. The van der Waals surface area contributed by atoms with Crippen LogP contribution in [0, 0.1) is 26.2 Å². The van der Waals surface area contributed by atoms with Crippen LogP contribution in [0.2, 0.25) is 0 Å². The lowest BCUT2D eigenvalue weighted by atomic mass is 9.97. The van der Waals surface area contributed by atoms with Gasteiger partial charge in [-0.1, -0.05) is 12.1 Å². The Balaban J connectivity index is 3.36. The summed E-state index contributed by atoms with van der Waals surface area (Å²) in [7, 11) is 0. The topological polar surface area (TPSA) is 23.9 Å². The molecule has 0 radical (unpaired) electrons. The van der Waals surface area contributed by atoms with Gasteiger partial charge < -0.3 is 5.41 Å². The monoisotopic (exact) mass is 161 g/mol. The van der Waals surface area contributed by atoms with Crippen LogP contribution in [0.15, 0.2) is 12.1 Å². The molecule has 12 heavy (non-hydrogen) atoms. The second kappa shape index (κ2) is 3.10. The third-order valence-electron chi connectivity index (χ3n) is 2.46. The van der Waals surface area contributed by atoms with Crippen molar-refractivity contribution in [2.45, 2.75) is 27.7 Å². The van der Waals surface area contributed by atoms with Gasteiger partial charge in [0, 0.05) is 5.71 Å². The third-order valence-corrected chi connectivity index (χ3v) is 2.46. The minimum atomic E-state index is 0.649. The van der Waals surface area contributed by atoms with E-state index in [1.807, 2.05) is 13.0 Å². The summed E-state index contributed by atoms with van der Waals surface area (Å²) in [5.74, 6) is 0. The van der Waals surface area contributed by atoms with Crippen LogP contribution >= 0.6 is 0 Å². The summed E-state index contributed by atoms with van der Waals surface area (Å²) in [5.41, 5.74) is 5.56. The fraction of sp³-hybridized carbons (Fsp3) is 0.364. The molecule has 0 aromatic heterocycles. The highest BCUT2D eigenvalue weighted by Crippen LogP contribution is 2.17. The number of aryl methyl sites for hydroxylation is 1. The van der Waals surface area contributed by atoms with Crippen LogP contribution in [0.1, 0.15) is 29.2 Å². The van der Waals surface area contributed by atoms with Crippen molar-refractivity contribution in [1.82, 2.24) is 0 Å². The molecule has 1 nitrogen and oxygen atoms in total. The fourth-order valence-corrected chi connectivity index (χ4v) is 1.36. The molecule has 0 amide bonds. The molecule has 0 atom stereocenters. The summed E-state index contributed by atoms with van der Waals surface area (Å²) >= 11 is 0. The summed E-state index contributed by atoms with van der Waals surface area (Å²) < 4.78 is 0. The van der Waals surface area contributed by atoms with Crippen LogP contribution in [-0.4, -0.2) is 5.71 Å². The quantitative estimate of drug-likeness (QED) is 0.612. The predicted octanol–water partition coefficient (Wildman–Crippen LogP) is 3.00. The minimum Gasteiger partial charge on any atom is -0.305 e. The van der Waals surface area contributed by atoms with Gasteiger partial charge in [0.1, 0.15) is 0 Å². The van der Waals surface area contributed by atoms with Gasteiger partial charge in [-0.2, -0.15) is 0 Å². The van der Waals surface area contributed by atoms with Gasteiger partial charge in [-0.15, -0.1) is 0 Å². The molecule has 0 fully saturated rings. The van der Waals surface area contributed by atoms with Gasteiger partial charge in [-0.25, -0.2) is 0 Å². The summed E-state index contributed by atoms with van der Waals surface area (Å²) in [5, 5.41) is 7.54. The zero-order chi connectivity index (χ0) is 9.30. The molecule has 0 spiro atoms. The standard InChI is InChI=1S/C11H15N/c1-7-5-6-11(10(4)12)9(3)8(7)2/h5-6,12H,1-4H3. The lowest BCUT2D eigenvalue weighted by molar-refractivity contribution is 1.25. The number of benzene rings is 1. The molecule has 0 saturated heterocycles. The van der Waals surface area contributed by atoms with Crippen LogP contribution in [0.25, 0.3) is 0 Å². The van der Waals surface area contributed by atoms with Crippen molar-refractivity contribution < 1.29 is 0 Å². The van der Waals surface area contributed by atoms with E-state index in [9.17, 15) is 0 Å². The van der Waals surface area contributed by atoms with Crippen molar-refractivity contribution in [3.8, 4) is 0 Å². The van der Waals surface area contributed by atoms with E-state index >= 15 is 0 Å². The van der Waals surface area contributed by atoms with Gasteiger partial charge in [0.2, 0.25) is 0 Å². The Bertz CT molecular complexity index is 324. The van der Waals surface area contributed by atoms with Crippen LogP contribution < -0.4 is 0 Å². The molecule has 64 valence electrons. The molecule has 1 rings (SSSR count). The zero-order valence-corrected chi connectivity index (χ0v) is 8.15. The van der Waals surface area contributed by atoms with E-state index in [0.29, 0.717) is 5.71 Å². The van der Waals surface area contributed by atoms with Gasteiger partial charge in [-0.05, 0) is 49.9 Å². The van der Waals surface area contributed by atoms with Crippen LogP contribution in [0.4, 0.5) is 0 Å². The number of nitrogens with one attached hydrogen (secondary N) is 1. The second-order valence-corrected chi connectivity index (χ2v) is 3.31. The molecule has 0 aliphatic rings. The van der Waals surface area contributed by atoms with Gasteiger partial charge in [0.05, 0.1) is 0 Å². The first-order valence-corrected chi connectivity index (χ1v) is 4.16. The van der Waals surface area contributed by atoms with Gasteiger partial charge >= 0.3 is 0 Å². The molecule has 0 aliphatic heterocycles. The maximum atomic E-state index is 7.54. The molecular formula is C11H15N. The number of rotatable bonds is 1. The summed E-state index contributed by atoms with van der Waals surface area (Å²) in [6.45, 7) is 8.12. The van der Waals surface area contributed by atoms with Crippen molar-refractivity contribution in [2.24, 2.45) is 0 Å². The van der Waals surface area contributed by atoms with Gasteiger partial charge in [0.15, 0.2) is 0 Å². The first kappa shape index (κ1) is 8.98. The Morgan fingerprint density at radius 3 is 2.17 bits per heavy atom. The van der Waals surface area contributed by atoms with Gasteiger partial charge in [-0.3, -0.25) is 0 Å². The minimum absolute atomic E-state index is 0.649. The predicted molar refractivity (Wildman–Crippen MR) is 53.2 cm³/mol. The van der Waals surface area contributed by atoms with E-state index < -0.39 is 0 Å². The zero-order valence-electron chi connectivity index (χ0n) is 8.15. The second-order valence-electron chi connectivity index (χ2n) is 3.31. The molecule has 0 heterocycles. The van der Waals surface area contributed by atoms with E-state index in [-0.39, 0.29) is 0 Å². The Labute approximate surface area is 73.9 Å². The van der Waals surface area contributed by atoms with Crippen LogP contribution in [0.3, 0.4) is 0 Å². The molecule has 0 saturated carbocycles. The largest absolute Gasteiger partial charge is 0.305 e. The smallest absolute Gasteiger partial charge is 0.0357 e. The van der Waals surface area contributed by atoms with E-state index in [4.69, 9.17) is 5.41 Å². The first-order chi connectivity index (χ1) is 5.54. The average molecular weight is 161 g/mol. The highest BCUT2D eigenvalue weighted by Gasteiger charge is 2.04. The molecule has 0 unspecified atom stereocenters. The molecule has 1 N–H and O–H groups in total. The Morgan fingerprint density at radius 2 is 1.67 bits per heavy atom. The average Bonchev–Trinajstić information content (AvgIpc) is 2.00. The van der Waals surface area contributed by atoms with Gasteiger partial charge in [0.25, 0.3) is 0 Å². The molecule has 1 aromatic carbocycles. The molecule has 1 heteroatoms. The summed E-state index contributed by atoms with van der Waals surface area (Å²) in [6.07, 6.45) is 0. The van der Waals surface area contributed by atoms with Crippen molar-refractivity contribution in [1.29, 1.82) is 5.41 Å². The van der Waals surface area contributed by atoms with E-state index in [2.05, 4.69) is 26.8 Å². The lowest BCUT2D eigenvalue weighted by Gasteiger charge is -2.09. The highest BCUT2D eigenvalue weighted by molar-refractivity contribution is 5.97. The first-order valence-electron chi connectivity index (χ1n) is 4.16. The van der Waals surface area contributed by atoms with Crippen molar-refractivity contribution in [2.75, 3.05) is 0 Å². The molecule has 0 aliphatic carbocycles. The summed E-state index contributed by atoms with van der Waals surface area (Å²) in [6, 6.07) is 4.11. The maximum Gasteiger partial charge on any atom is 0.0357 e. The Kier molecular flexibility index (Phi) is 2.32. The number of hydrogen-bond donors (Lipinski definition) is 1. The number of hydrogen-bond acceptors (Lipinski definition) is 1. The third kappa shape index (κ3) is 1.40.